The molecule has 320 valence electrons. The van der Waals surface area contributed by atoms with E-state index in [9.17, 15) is 28.8 Å². The van der Waals surface area contributed by atoms with Crippen molar-refractivity contribution in [2.45, 2.75) is 95.6 Å². The van der Waals surface area contributed by atoms with Crippen LogP contribution in [0.15, 0.2) is 53.5 Å². The summed E-state index contributed by atoms with van der Waals surface area (Å²) < 4.78 is 20.1. The van der Waals surface area contributed by atoms with Crippen LogP contribution in [0, 0.1) is 0 Å². The third-order valence-electron chi connectivity index (χ3n) is 11.6. The van der Waals surface area contributed by atoms with E-state index in [0.29, 0.717) is 41.3 Å². The van der Waals surface area contributed by atoms with Crippen LogP contribution in [0.5, 0.6) is 11.5 Å². The number of hydrogen-bond acceptors (Lipinski definition) is 13. The second kappa shape index (κ2) is 17.5. The molecule has 5 heterocycles. The molecule has 0 radical (unpaired) electrons. The number of aromatic nitrogens is 3. The molecule has 2 saturated heterocycles. The molecule has 0 spiro atoms. The number of pyridine rings is 1. The number of carbonyl (C=O) groups excluding carboxylic acids is 5. The quantitative estimate of drug-likeness (QED) is 0.166. The van der Waals surface area contributed by atoms with E-state index in [1.165, 1.54) is 7.05 Å². The third kappa shape index (κ3) is 8.75. The Morgan fingerprint density at radius 2 is 1.62 bits per heavy atom. The van der Waals surface area contributed by atoms with Crippen LogP contribution in [-0.4, -0.2) is 100 Å². The van der Waals surface area contributed by atoms with Gasteiger partial charge in [0.15, 0.2) is 18.2 Å². The predicted molar refractivity (Wildman–Crippen MR) is 225 cm³/mol. The summed E-state index contributed by atoms with van der Waals surface area (Å²) >= 11 is 6.57. The first-order valence-electron chi connectivity index (χ1n) is 20.6. The van der Waals surface area contributed by atoms with Gasteiger partial charge in [-0.15, -0.1) is 0 Å². The van der Waals surface area contributed by atoms with E-state index in [4.69, 9.17) is 30.8 Å². The van der Waals surface area contributed by atoms with E-state index in [-0.39, 0.29) is 72.1 Å². The van der Waals surface area contributed by atoms with Gasteiger partial charge in [0.25, 0.3) is 23.3 Å². The van der Waals surface area contributed by atoms with Crippen molar-refractivity contribution in [3.8, 4) is 11.5 Å². The number of imide groups is 2. The van der Waals surface area contributed by atoms with Gasteiger partial charge in [-0.2, -0.15) is 4.98 Å². The number of benzene rings is 2. The average molecular weight is 855 g/mol. The van der Waals surface area contributed by atoms with Crippen LogP contribution in [0.3, 0.4) is 0 Å². The first-order valence-corrected chi connectivity index (χ1v) is 21.0. The van der Waals surface area contributed by atoms with E-state index in [0.717, 1.165) is 54.3 Å². The summed E-state index contributed by atoms with van der Waals surface area (Å²) in [6, 6.07) is 10.9. The van der Waals surface area contributed by atoms with Gasteiger partial charge in [0.05, 0.1) is 41.2 Å². The first-order chi connectivity index (χ1) is 29.4. The van der Waals surface area contributed by atoms with E-state index in [1.54, 1.807) is 35.0 Å². The molecule has 3 N–H and O–H groups in total. The molecule has 5 amide bonds. The Bertz CT molecular complexity index is 2460. The van der Waals surface area contributed by atoms with Crippen molar-refractivity contribution >= 4 is 69.5 Å². The topological polar surface area (TPSA) is 203 Å². The normalized spacial score (nSPS) is 20.8. The molecular formula is C43H47ClN8O9. The highest BCUT2D eigenvalue weighted by Gasteiger charge is 2.45. The third-order valence-corrected chi connectivity index (χ3v) is 11.9. The highest BCUT2D eigenvalue weighted by Crippen LogP contribution is 2.34. The van der Waals surface area contributed by atoms with Crippen molar-refractivity contribution in [2.24, 2.45) is 0 Å². The molecule has 1 aliphatic carbocycles. The summed E-state index contributed by atoms with van der Waals surface area (Å²) in [5.74, 6) is -0.971. The summed E-state index contributed by atoms with van der Waals surface area (Å²) in [4.78, 5) is 87.8. The Morgan fingerprint density at radius 3 is 2.34 bits per heavy atom. The zero-order valence-electron chi connectivity index (χ0n) is 34.1. The van der Waals surface area contributed by atoms with Crippen molar-refractivity contribution in [1.82, 2.24) is 30.1 Å². The number of hydrogen-bond donors (Lipinski definition) is 3. The van der Waals surface area contributed by atoms with E-state index in [1.807, 2.05) is 32.0 Å². The molecule has 8 rings (SSSR count). The summed E-state index contributed by atoms with van der Waals surface area (Å²) in [7, 11) is 1.50. The van der Waals surface area contributed by atoms with Crippen LogP contribution < -0.4 is 35.9 Å². The minimum atomic E-state index is -1.02. The molecule has 18 heteroatoms. The van der Waals surface area contributed by atoms with Crippen LogP contribution in [0.4, 0.5) is 17.5 Å². The van der Waals surface area contributed by atoms with E-state index in [2.05, 4.69) is 25.8 Å². The lowest BCUT2D eigenvalue weighted by atomic mass is 9.94. The number of rotatable bonds is 12. The highest BCUT2D eigenvalue weighted by atomic mass is 35.5. The standard InChI is InChI=1S/C43H47ClN8O9/c1-23(2)51-33-11-4-25(18-24(33)19-35(42(51)58)59-22-37(54)45-3)47-38-32(44)21-46-43(49-38)50-16-14-28(15-17-50)60-26-5-7-27(8-6-26)61-29-9-10-30-31(20-29)41(57)52(40(30)56)34-12-13-36(53)48-39(34)55/h4,9-11,18-21,23,26-28,34H,5-8,12-17,22H2,1-3H3,(H,45,54)(H,46,47,49)(H,48,53,55). The summed E-state index contributed by atoms with van der Waals surface area (Å²) in [6.07, 6.45) is 6.62. The molecule has 3 fully saturated rings. The fraction of sp³-hybridized carbons (Fsp3) is 0.442. The molecule has 2 aromatic heterocycles. The minimum absolute atomic E-state index is 0.0614. The number of piperidine rings is 2. The maximum absolute atomic E-state index is 13.3. The van der Waals surface area contributed by atoms with E-state index < -0.39 is 29.7 Å². The van der Waals surface area contributed by atoms with Crippen LogP contribution in [0.2, 0.25) is 5.02 Å². The maximum atomic E-state index is 13.3. The van der Waals surface area contributed by atoms with Crippen molar-refractivity contribution in [2.75, 3.05) is 37.0 Å². The lowest BCUT2D eigenvalue weighted by molar-refractivity contribution is -0.136. The van der Waals surface area contributed by atoms with Crippen LogP contribution in [0.25, 0.3) is 10.9 Å². The monoisotopic (exact) mass is 854 g/mol. The zero-order valence-corrected chi connectivity index (χ0v) is 34.8. The van der Waals surface area contributed by atoms with E-state index >= 15 is 0 Å². The van der Waals surface area contributed by atoms with Gasteiger partial charge in [0.2, 0.25) is 17.8 Å². The zero-order chi connectivity index (χ0) is 42.9. The van der Waals surface area contributed by atoms with Gasteiger partial charge >= 0.3 is 0 Å². The lowest BCUT2D eigenvalue weighted by Crippen LogP contribution is -2.54. The van der Waals surface area contributed by atoms with Crippen LogP contribution >= 0.6 is 11.6 Å². The number of ether oxygens (including phenoxy) is 3. The van der Waals surface area contributed by atoms with Gasteiger partial charge < -0.3 is 34.3 Å². The van der Waals surface area contributed by atoms with Gasteiger partial charge in [-0.3, -0.25) is 39.0 Å². The number of amides is 5. The fourth-order valence-electron chi connectivity index (χ4n) is 8.43. The SMILES string of the molecule is CNC(=O)COc1cc2cc(Nc3nc(N4CCC(OC5CCC(Oc6ccc7c(c6)C(=O)N(C6CCC(=O)NC6=O)C7=O)CC5)CC4)ncc3Cl)ccc2n(C(C)C)c1=O. The molecule has 3 aliphatic heterocycles. The maximum Gasteiger partial charge on any atom is 0.293 e. The van der Waals surface area contributed by atoms with Gasteiger partial charge in [-0.1, -0.05) is 11.6 Å². The molecule has 4 aromatic rings. The number of carbonyl (C=O) groups is 5. The van der Waals surface area contributed by atoms with Gasteiger partial charge in [-0.25, -0.2) is 4.98 Å². The number of anilines is 3. The summed E-state index contributed by atoms with van der Waals surface area (Å²) in [5.41, 5.74) is 1.50. The Labute approximate surface area is 356 Å². The largest absolute Gasteiger partial charge is 0.490 e. The second-order valence-corrected chi connectivity index (χ2v) is 16.4. The van der Waals surface area contributed by atoms with Crippen molar-refractivity contribution < 1.29 is 38.2 Å². The average Bonchev–Trinajstić information content (AvgIpc) is 3.49. The minimum Gasteiger partial charge on any atom is -0.490 e. The lowest BCUT2D eigenvalue weighted by Gasteiger charge is -2.36. The number of halogens is 1. The van der Waals surface area contributed by atoms with Gasteiger partial charge in [0.1, 0.15) is 16.8 Å². The molecule has 4 aliphatic rings. The van der Waals surface area contributed by atoms with Crippen LogP contribution in [0.1, 0.15) is 92.0 Å². The van der Waals surface area contributed by atoms with Crippen molar-refractivity contribution in [3.05, 3.63) is 75.2 Å². The number of nitrogens with one attached hydrogen (secondary N) is 3. The van der Waals surface area contributed by atoms with Crippen molar-refractivity contribution in [1.29, 1.82) is 0 Å². The number of nitrogens with zero attached hydrogens (tertiary/aromatic N) is 5. The van der Waals surface area contributed by atoms with Gasteiger partial charge in [0, 0.05) is 43.7 Å². The highest BCUT2D eigenvalue weighted by molar-refractivity contribution is 6.33. The Kier molecular flexibility index (Phi) is 11.9. The molecule has 0 bridgehead atoms. The smallest absolute Gasteiger partial charge is 0.293 e. The summed E-state index contributed by atoms with van der Waals surface area (Å²) in [6.45, 7) is 4.94. The fourth-order valence-corrected chi connectivity index (χ4v) is 8.57. The molecule has 1 atom stereocenters. The number of likely N-dealkylation sites (N-methyl/N-ethyl adjacent to an activating group) is 1. The Balaban J connectivity index is 0.832. The predicted octanol–water partition coefficient (Wildman–Crippen LogP) is 4.67. The molecule has 2 aromatic carbocycles. The van der Waals surface area contributed by atoms with Gasteiger partial charge in [-0.05, 0) is 101 Å². The molecule has 1 unspecified atom stereocenters. The summed E-state index contributed by atoms with van der Waals surface area (Å²) in [5, 5.41) is 9.10. The Morgan fingerprint density at radius 1 is 0.902 bits per heavy atom. The second-order valence-electron chi connectivity index (χ2n) is 16.0. The first kappa shape index (κ1) is 41.7. The Hall–Kier alpha value is -6.07. The van der Waals surface area contributed by atoms with Crippen molar-refractivity contribution in [3.63, 3.8) is 0 Å². The molecule has 1 saturated carbocycles. The van der Waals surface area contributed by atoms with Crippen LogP contribution in [-0.2, 0) is 19.1 Å². The number of fused-ring (bicyclic) bond motifs is 2. The molecular weight excluding hydrogens is 808 g/mol. The molecule has 61 heavy (non-hydrogen) atoms. The molecule has 17 nitrogen and oxygen atoms in total.